The molecular formula is C15H28O. The van der Waals surface area contributed by atoms with Crippen LogP contribution in [-0.4, -0.2) is 11.7 Å². The minimum absolute atomic E-state index is 0.444. The lowest BCUT2D eigenvalue weighted by atomic mass is 9.75. The number of hydrogen-bond donors (Lipinski definition) is 1. The Bertz CT molecular complexity index is 207. The molecule has 16 heavy (non-hydrogen) atoms. The van der Waals surface area contributed by atoms with Crippen molar-refractivity contribution in [2.75, 3.05) is 6.61 Å². The standard InChI is InChI=1S/C15H28O/c1-3-7-12-11(4-2)15(10-16)14-9-6-5-8-13(12)14/h11-16H,3-10H2,1-2H3/t11-,12?,13?,14+,15?/m0/s1. The molecule has 0 aromatic rings. The normalized spacial score (nSPS) is 43.3. The molecule has 94 valence electrons. The second kappa shape index (κ2) is 5.53. The number of aliphatic hydroxyl groups excluding tert-OH is 1. The molecule has 0 aliphatic heterocycles. The summed E-state index contributed by atoms with van der Waals surface area (Å²) in [4.78, 5) is 0. The number of rotatable bonds is 4. The first kappa shape index (κ1) is 12.4. The lowest BCUT2D eigenvalue weighted by Gasteiger charge is -2.30. The van der Waals surface area contributed by atoms with Crippen LogP contribution < -0.4 is 0 Å². The smallest absolute Gasteiger partial charge is 0.0464 e. The quantitative estimate of drug-likeness (QED) is 0.769. The molecule has 1 nitrogen and oxygen atoms in total. The van der Waals surface area contributed by atoms with E-state index in [2.05, 4.69) is 13.8 Å². The molecule has 0 amide bonds. The van der Waals surface area contributed by atoms with Crippen molar-refractivity contribution in [2.45, 2.75) is 58.8 Å². The Hall–Kier alpha value is -0.0400. The van der Waals surface area contributed by atoms with Crippen LogP contribution in [0.3, 0.4) is 0 Å². The first-order valence-corrected chi connectivity index (χ1v) is 7.44. The molecule has 5 atom stereocenters. The van der Waals surface area contributed by atoms with Crippen molar-refractivity contribution in [3.8, 4) is 0 Å². The molecule has 0 aromatic carbocycles. The Balaban J connectivity index is 2.15. The van der Waals surface area contributed by atoms with E-state index in [1.807, 2.05) is 0 Å². The third kappa shape index (κ3) is 2.03. The molecule has 2 aliphatic rings. The number of fused-ring (bicyclic) bond motifs is 1. The number of hydrogen-bond acceptors (Lipinski definition) is 1. The van der Waals surface area contributed by atoms with Gasteiger partial charge in [0.15, 0.2) is 0 Å². The van der Waals surface area contributed by atoms with Gasteiger partial charge in [-0.15, -0.1) is 0 Å². The predicted molar refractivity (Wildman–Crippen MR) is 68.2 cm³/mol. The van der Waals surface area contributed by atoms with Gasteiger partial charge in [-0.05, 0) is 42.4 Å². The molecule has 2 saturated carbocycles. The highest BCUT2D eigenvalue weighted by Gasteiger charge is 2.48. The maximum atomic E-state index is 9.69. The fourth-order valence-electron chi connectivity index (χ4n) is 4.84. The highest BCUT2D eigenvalue weighted by atomic mass is 16.3. The molecule has 0 radical (unpaired) electrons. The lowest BCUT2D eigenvalue weighted by Crippen LogP contribution is -2.23. The minimum atomic E-state index is 0.444. The summed E-state index contributed by atoms with van der Waals surface area (Å²) < 4.78 is 0. The van der Waals surface area contributed by atoms with Gasteiger partial charge in [0, 0.05) is 6.61 Å². The van der Waals surface area contributed by atoms with Gasteiger partial charge < -0.3 is 5.11 Å². The molecule has 1 N–H and O–H groups in total. The fraction of sp³-hybridized carbons (Fsp3) is 1.00. The van der Waals surface area contributed by atoms with E-state index in [1.165, 1.54) is 44.9 Å². The minimum Gasteiger partial charge on any atom is -0.396 e. The van der Waals surface area contributed by atoms with Crippen LogP contribution >= 0.6 is 0 Å². The Morgan fingerprint density at radius 2 is 1.56 bits per heavy atom. The number of aliphatic hydroxyl groups is 1. The van der Waals surface area contributed by atoms with Crippen LogP contribution in [0.1, 0.15) is 58.8 Å². The molecule has 2 rings (SSSR count). The molecule has 1 heteroatoms. The summed E-state index contributed by atoms with van der Waals surface area (Å²) in [5.41, 5.74) is 0. The molecule has 0 spiro atoms. The van der Waals surface area contributed by atoms with Crippen LogP contribution in [0.15, 0.2) is 0 Å². The summed E-state index contributed by atoms with van der Waals surface area (Å²) in [5, 5.41) is 9.69. The zero-order valence-electron chi connectivity index (χ0n) is 11.0. The van der Waals surface area contributed by atoms with Crippen molar-refractivity contribution in [3.63, 3.8) is 0 Å². The van der Waals surface area contributed by atoms with Crippen LogP contribution in [-0.2, 0) is 0 Å². The zero-order valence-corrected chi connectivity index (χ0v) is 11.0. The predicted octanol–water partition coefficient (Wildman–Crippen LogP) is 3.86. The lowest BCUT2D eigenvalue weighted by molar-refractivity contribution is 0.131. The zero-order chi connectivity index (χ0) is 11.5. The first-order valence-electron chi connectivity index (χ1n) is 7.44. The van der Waals surface area contributed by atoms with E-state index < -0.39 is 0 Å². The summed E-state index contributed by atoms with van der Waals surface area (Å²) in [6.07, 6.45) is 9.69. The van der Waals surface area contributed by atoms with Crippen molar-refractivity contribution in [1.82, 2.24) is 0 Å². The van der Waals surface area contributed by atoms with E-state index in [-0.39, 0.29) is 0 Å². The van der Waals surface area contributed by atoms with Gasteiger partial charge >= 0.3 is 0 Å². The molecule has 2 aliphatic carbocycles. The van der Waals surface area contributed by atoms with Crippen LogP contribution in [0.5, 0.6) is 0 Å². The summed E-state index contributed by atoms with van der Waals surface area (Å²) in [7, 11) is 0. The summed E-state index contributed by atoms with van der Waals surface area (Å²) >= 11 is 0. The van der Waals surface area contributed by atoms with Gasteiger partial charge in [0.1, 0.15) is 0 Å². The summed E-state index contributed by atoms with van der Waals surface area (Å²) in [5.74, 6) is 4.19. The second-order valence-corrected chi connectivity index (χ2v) is 5.98. The van der Waals surface area contributed by atoms with Gasteiger partial charge in [-0.2, -0.15) is 0 Å². The summed E-state index contributed by atoms with van der Waals surface area (Å²) in [6.45, 7) is 5.09. The van der Waals surface area contributed by atoms with Gasteiger partial charge in [-0.3, -0.25) is 0 Å². The van der Waals surface area contributed by atoms with Crippen LogP contribution in [0.25, 0.3) is 0 Å². The Kier molecular flexibility index (Phi) is 4.29. The van der Waals surface area contributed by atoms with Crippen LogP contribution in [0.2, 0.25) is 0 Å². The van der Waals surface area contributed by atoms with E-state index in [0.29, 0.717) is 12.5 Å². The summed E-state index contributed by atoms with van der Waals surface area (Å²) in [6, 6.07) is 0. The van der Waals surface area contributed by atoms with Crippen molar-refractivity contribution in [1.29, 1.82) is 0 Å². The first-order chi connectivity index (χ1) is 7.83. The maximum Gasteiger partial charge on any atom is 0.0464 e. The van der Waals surface area contributed by atoms with Crippen LogP contribution in [0, 0.1) is 29.6 Å². The average Bonchev–Trinajstić information content (AvgIpc) is 2.63. The van der Waals surface area contributed by atoms with Gasteiger partial charge in [0.2, 0.25) is 0 Å². The van der Waals surface area contributed by atoms with Crippen molar-refractivity contribution in [2.24, 2.45) is 29.6 Å². The molecule has 3 unspecified atom stereocenters. The Labute approximate surface area is 101 Å². The highest BCUT2D eigenvalue weighted by Crippen LogP contribution is 2.54. The van der Waals surface area contributed by atoms with Gasteiger partial charge in [-0.1, -0.05) is 46.0 Å². The molecular weight excluding hydrogens is 196 g/mol. The van der Waals surface area contributed by atoms with Crippen molar-refractivity contribution < 1.29 is 5.11 Å². The topological polar surface area (TPSA) is 20.2 Å². The SMILES string of the molecule is CCCC1C2CCCC[C@H]2C(CO)[C@H]1CC. The largest absolute Gasteiger partial charge is 0.396 e. The van der Waals surface area contributed by atoms with E-state index >= 15 is 0 Å². The van der Waals surface area contributed by atoms with Gasteiger partial charge in [-0.25, -0.2) is 0 Å². The highest BCUT2D eigenvalue weighted by molar-refractivity contribution is 4.97. The molecule has 2 fully saturated rings. The maximum absolute atomic E-state index is 9.69. The van der Waals surface area contributed by atoms with Crippen molar-refractivity contribution >= 4 is 0 Å². The van der Waals surface area contributed by atoms with E-state index in [1.54, 1.807) is 0 Å². The molecule has 0 heterocycles. The Morgan fingerprint density at radius 3 is 2.06 bits per heavy atom. The van der Waals surface area contributed by atoms with E-state index in [9.17, 15) is 5.11 Å². The second-order valence-electron chi connectivity index (χ2n) is 5.98. The van der Waals surface area contributed by atoms with Crippen molar-refractivity contribution in [3.05, 3.63) is 0 Å². The Morgan fingerprint density at radius 1 is 0.938 bits per heavy atom. The van der Waals surface area contributed by atoms with Gasteiger partial charge in [0.25, 0.3) is 0 Å². The third-order valence-corrected chi connectivity index (χ3v) is 5.38. The molecule has 0 saturated heterocycles. The molecule has 0 bridgehead atoms. The van der Waals surface area contributed by atoms with E-state index in [4.69, 9.17) is 0 Å². The van der Waals surface area contributed by atoms with Gasteiger partial charge in [0.05, 0.1) is 0 Å². The molecule has 0 aromatic heterocycles. The third-order valence-electron chi connectivity index (χ3n) is 5.38. The monoisotopic (exact) mass is 224 g/mol. The van der Waals surface area contributed by atoms with E-state index in [0.717, 1.165) is 23.7 Å². The average molecular weight is 224 g/mol. The van der Waals surface area contributed by atoms with Crippen LogP contribution in [0.4, 0.5) is 0 Å². The fourth-order valence-corrected chi connectivity index (χ4v) is 4.84.